The minimum absolute atomic E-state index is 0. The van der Waals surface area contributed by atoms with Gasteiger partial charge in [-0.25, -0.2) is 10.7 Å². The summed E-state index contributed by atoms with van der Waals surface area (Å²) in [4.78, 5) is 10.7. The zero-order chi connectivity index (χ0) is 17.0. The average Bonchev–Trinajstić information content (AvgIpc) is 2.95. The summed E-state index contributed by atoms with van der Waals surface area (Å²) in [5, 5.41) is 0. The van der Waals surface area contributed by atoms with E-state index in [2.05, 4.69) is 4.74 Å². The van der Waals surface area contributed by atoms with Crippen LogP contribution in [0.3, 0.4) is 0 Å². The van der Waals surface area contributed by atoms with Crippen LogP contribution in [0, 0.1) is 5.82 Å². The average molecular weight is 420 g/mol. The number of hydrogen-bond acceptors (Lipinski definition) is 3. The number of carbonyl (C=O) groups excluding carboxylic acids is 1. The van der Waals surface area contributed by atoms with Crippen molar-refractivity contribution in [2.75, 3.05) is 6.61 Å². The maximum absolute atomic E-state index is 13.8. The molecule has 2 heterocycles. The summed E-state index contributed by atoms with van der Waals surface area (Å²) < 4.78 is 63.9. The number of alkyl halides is 3. The SMILES string of the molecule is CC(C)(CC1(C(F)(F)F)O[C@@H]1[C-]=O)c1cc(F)cc2c1OCC2.[Y]. The van der Waals surface area contributed by atoms with Crippen LogP contribution in [0.5, 0.6) is 5.75 Å². The second kappa shape index (κ2) is 6.33. The normalized spacial score (nSPS) is 25.5. The molecule has 0 aliphatic carbocycles. The van der Waals surface area contributed by atoms with E-state index >= 15 is 0 Å². The minimum Gasteiger partial charge on any atom is -0.539 e. The zero-order valence-corrected chi connectivity index (χ0v) is 16.0. The summed E-state index contributed by atoms with van der Waals surface area (Å²) in [6.07, 6.45) is -5.06. The van der Waals surface area contributed by atoms with Crippen molar-refractivity contribution in [3.63, 3.8) is 0 Å². The Morgan fingerprint density at radius 1 is 1.33 bits per heavy atom. The van der Waals surface area contributed by atoms with Crippen molar-refractivity contribution in [1.29, 1.82) is 0 Å². The van der Waals surface area contributed by atoms with Gasteiger partial charge in [-0.2, -0.15) is 13.2 Å². The third kappa shape index (κ3) is 3.15. The van der Waals surface area contributed by atoms with Crippen molar-refractivity contribution < 1.29 is 64.5 Å². The molecule has 0 amide bonds. The number of fused-ring (bicyclic) bond motifs is 1. The summed E-state index contributed by atoms with van der Waals surface area (Å²) in [6, 6.07) is 2.52. The first-order valence-corrected chi connectivity index (χ1v) is 7.19. The molecule has 2 atom stereocenters. The van der Waals surface area contributed by atoms with Gasteiger partial charge >= 0.3 is 6.18 Å². The quantitative estimate of drug-likeness (QED) is 0.427. The molecule has 1 aromatic carbocycles. The standard InChI is InChI=1S/C16H15F4O3.Y/c1-14(2,8-15(16(18,19)20)12(7-21)23-15)11-6-10(17)5-9-3-4-22-13(9)11;/h5-6,12H,3-4,8H2,1-2H3;/q-1;/t12-,15?;/m1./s1. The van der Waals surface area contributed by atoms with E-state index in [0.29, 0.717) is 29.9 Å². The maximum Gasteiger partial charge on any atom is 0.417 e. The van der Waals surface area contributed by atoms with Crippen LogP contribution in [0.1, 0.15) is 31.4 Å². The monoisotopic (exact) mass is 420 g/mol. The first kappa shape index (κ1) is 19.8. The molecule has 3 nitrogen and oxygen atoms in total. The summed E-state index contributed by atoms with van der Waals surface area (Å²) >= 11 is 0. The Bertz CT molecular complexity index is 659. The van der Waals surface area contributed by atoms with Gasteiger partial charge in [-0.05, 0) is 24.0 Å². The van der Waals surface area contributed by atoms with Crippen molar-refractivity contribution in [2.45, 2.75) is 50.0 Å². The molecular formula is C16H15F4O3Y-. The number of halogens is 4. The summed E-state index contributed by atoms with van der Waals surface area (Å²) in [7, 11) is 0. The maximum atomic E-state index is 13.8. The minimum atomic E-state index is -4.70. The van der Waals surface area contributed by atoms with Crippen LogP contribution < -0.4 is 4.74 Å². The predicted octanol–water partition coefficient (Wildman–Crippen LogP) is 3.24. The van der Waals surface area contributed by atoms with E-state index in [1.807, 2.05) is 0 Å². The Morgan fingerprint density at radius 3 is 2.54 bits per heavy atom. The van der Waals surface area contributed by atoms with Crippen LogP contribution in [0.25, 0.3) is 0 Å². The van der Waals surface area contributed by atoms with Crippen molar-refractivity contribution >= 4 is 6.29 Å². The Balaban J connectivity index is 0.00000208. The molecule has 8 heteroatoms. The van der Waals surface area contributed by atoms with Crippen LogP contribution in [0.4, 0.5) is 17.6 Å². The molecular weight excluding hydrogens is 405 g/mol. The number of ether oxygens (including phenoxy) is 2. The van der Waals surface area contributed by atoms with E-state index in [-0.39, 0.29) is 32.7 Å². The first-order chi connectivity index (χ1) is 10.6. The predicted molar refractivity (Wildman–Crippen MR) is 72.6 cm³/mol. The van der Waals surface area contributed by atoms with Gasteiger partial charge in [-0.15, -0.1) is 0 Å². The van der Waals surface area contributed by atoms with Crippen molar-refractivity contribution in [3.8, 4) is 5.75 Å². The van der Waals surface area contributed by atoms with E-state index in [4.69, 9.17) is 4.74 Å². The Kier molecular flexibility index (Phi) is 5.22. The summed E-state index contributed by atoms with van der Waals surface area (Å²) in [5.41, 5.74) is -2.66. The van der Waals surface area contributed by atoms with E-state index < -0.39 is 35.5 Å². The summed E-state index contributed by atoms with van der Waals surface area (Å²) in [5.74, 6) is -0.0883. The van der Waals surface area contributed by atoms with Crippen molar-refractivity contribution in [2.24, 2.45) is 0 Å². The molecule has 1 saturated heterocycles. The van der Waals surface area contributed by atoms with E-state index in [9.17, 15) is 22.4 Å². The van der Waals surface area contributed by atoms with Gasteiger partial charge in [0.15, 0.2) is 5.60 Å². The molecule has 1 fully saturated rings. The molecule has 1 unspecified atom stereocenters. The molecule has 0 N–H and O–H groups in total. The fraction of sp³-hybridized carbons (Fsp3) is 0.562. The van der Waals surface area contributed by atoms with Gasteiger partial charge in [0.05, 0.1) is 6.61 Å². The number of rotatable bonds is 4. The number of hydrogen-bond donors (Lipinski definition) is 0. The van der Waals surface area contributed by atoms with Crippen molar-refractivity contribution in [3.05, 3.63) is 29.1 Å². The van der Waals surface area contributed by atoms with Crippen LogP contribution in [-0.2, 0) is 54.1 Å². The smallest absolute Gasteiger partial charge is 0.417 e. The molecule has 2 aliphatic rings. The van der Waals surface area contributed by atoms with Gasteiger partial charge in [0.2, 0.25) is 0 Å². The molecule has 129 valence electrons. The van der Waals surface area contributed by atoms with Gasteiger partial charge in [-0.3, -0.25) is 0 Å². The Hall–Kier alpha value is -0.526. The fourth-order valence-corrected chi connectivity index (χ4v) is 3.27. The zero-order valence-electron chi connectivity index (χ0n) is 13.2. The van der Waals surface area contributed by atoms with Gasteiger partial charge in [0.1, 0.15) is 11.6 Å². The third-order valence-corrected chi connectivity index (χ3v) is 4.46. The summed E-state index contributed by atoms with van der Waals surface area (Å²) in [6.45, 7) is 3.48. The Labute approximate surface area is 162 Å². The molecule has 0 saturated carbocycles. The van der Waals surface area contributed by atoms with Gasteiger partial charge in [-0.1, -0.05) is 13.8 Å². The van der Waals surface area contributed by atoms with E-state index in [0.717, 1.165) is 0 Å². The molecule has 0 bridgehead atoms. The van der Waals surface area contributed by atoms with Crippen LogP contribution in [-0.4, -0.2) is 30.8 Å². The van der Waals surface area contributed by atoms with Crippen LogP contribution in [0.2, 0.25) is 0 Å². The molecule has 1 radical (unpaired) electrons. The second-order valence-corrected chi connectivity index (χ2v) is 6.60. The fourth-order valence-electron chi connectivity index (χ4n) is 3.27. The molecule has 0 aromatic heterocycles. The molecule has 0 spiro atoms. The molecule has 3 rings (SSSR count). The van der Waals surface area contributed by atoms with Gasteiger partial charge < -0.3 is 14.3 Å². The molecule has 1 aromatic rings. The topological polar surface area (TPSA) is 38.8 Å². The van der Waals surface area contributed by atoms with Gasteiger partial charge in [0.25, 0.3) is 0 Å². The van der Waals surface area contributed by atoms with Crippen molar-refractivity contribution in [1.82, 2.24) is 0 Å². The number of benzene rings is 1. The van der Waals surface area contributed by atoms with Crippen LogP contribution >= 0.6 is 0 Å². The third-order valence-electron chi connectivity index (χ3n) is 4.46. The van der Waals surface area contributed by atoms with Crippen LogP contribution in [0.15, 0.2) is 12.1 Å². The van der Waals surface area contributed by atoms with E-state index in [1.165, 1.54) is 18.4 Å². The van der Waals surface area contributed by atoms with Gasteiger partial charge in [0, 0.05) is 56.4 Å². The number of epoxide rings is 1. The first-order valence-electron chi connectivity index (χ1n) is 7.19. The Morgan fingerprint density at radius 2 is 2.00 bits per heavy atom. The molecule has 24 heavy (non-hydrogen) atoms. The second-order valence-electron chi connectivity index (χ2n) is 6.60. The largest absolute Gasteiger partial charge is 0.539 e. The van der Waals surface area contributed by atoms with E-state index in [1.54, 1.807) is 13.8 Å². The molecule has 2 aliphatic heterocycles.